The number of likely N-dealkylation sites (tertiary alicyclic amines) is 1. The van der Waals surface area contributed by atoms with Crippen LogP contribution in [0.3, 0.4) is 0 Å². The monoisotopic (exact) mass is 269 g/mol. The average molecular weight is 269 g/mol. The van der Waals surface area contributed by atoms with E-state index in [0.717, 1.165) is 6.07 Å². The Morgan fingerprint density at radius 2 is 2.00 bits per heavy atom. The van der Waals surface area contributed by atoms with Crippen molar-refractivity contribution in [3.05, 3.63) is 34.9 Å². The standard InChI is InChI=1S/C13H13F2NO3/c1-7-4-9(11(15)5-10(7)14)12(17)16-3-2-8(6-16)13(18)19/h4-5,8H,2-3,6H2,1H3,(H,18,19)/t8-/m1/s1. The highest BCUT2D eigenvalue weighted by Crippen LogP contribution is 2.21. The molecule has 2 rings (SSSR count). The summed E-state index contributed by atoms with van der Waals surface area (Å²) in [7, 11) is 0. The van der Waals surface area contributed by atoms with Gasteiger partial charge in [-0.15, -0.1) is 0 Å². The van der Waals surface area contributed by atoms with Crippen LogP contribution >= 0.6 is 0 Å². The van der Waals surface area contributed by atoms with Gasteiger partial charge in [-0.1, -0.05) is 0 Å². The first kappa shape index (κ1) is 13.5. The van der Waals surface area contributed by atoms with E-state index in [0.29, 0.717) is 12.5 Å². The molecule has 0 radical (unpaired) electrons. The van der Waals surface area contributed by atoms with Crippen molar-refractivity contribution in [3.63, 3.8) is 0 Å². The number of aryl methyl sites for hydroxylation is 1. The maximum atomic E-state index is 13.6. The van der Waals surface area contributed by atoms with Gasteiger partial charge in [-0.3, -0.25) is 9.59 Å². The van der Waals surface area contributed by atoms with E-state index in [4.69, 9.17) is 5.11 Å². The summed E-state index contributed by atoms with van der Waals surface area (Å²) in [6.45, 7) is 1.77. The lowest BCUT2D eigenvalue weighted by Gasteiger charge is -2.16. The minimum absolute atomic E-state index is 0.0596. The van der Waals surface area contributed by atoms with E-state index in [2.05, 4.69) is 0 Å². The molecule has 1 aliphatic rings. The maximum Gasteiger partial charge on any atom is 0.308 e. The number of nitrogens with zero attached hydrogens (tertiary/aromatic N) is 1. The first-order valence-corrected chi connectivity index (χ1v) is 5.88. The number of aliphatic carboxylic acids is 1. The topological polar surface area (TPSA) is 57.6 Å². The molecular weight excluding hydrogens is 256 g/mol. The van der Waals surface area contributed by atoms with Gasteiger partial charge in [-0.2, -0.15) is 0 Å². The third-order valence-corrected chi connectivity index (χ3v) is 3.30. The Morgan fingerprint density at radius 1 is 1.32 bits per heavy atom. The molecule has 0 aliphatic carbocycles. The molecule has 0 spiro atoms. The highest BCUT2D eigenvalue weighted by atomic mass is 19.1. The van der Waals surface area contributed by atoms with Gasteiger partial charge < -0.3 is 10.0 Å². The van der Waals surface area contributed by atoms with Crippen LogP contribution in [0, 0.1) is 24.5 Å². The second kappa shape index (κ2) is 4.95. The molecule has 1 amide bonds. The number of carboxylic acids is 1. The molecule has 0 aromatic heterocycles. The largest absolute Gasteiger partial charge is 0.481 e. The van der Waals surface area contributed by atoms with E-state index >= 15 is 0 Å². The Hall–Kier alpha value is -1.98. The summed E-state index contributed by atoms with van der Waals surface area (Å²) in [5.74, 6) is -3.81. The molecule has 0 bridgehead atoms. The summed E-state index contributed by atoms with van der Waals surface area (Å²) >= 11 is 0. The number of hydrogen-bond acceptors (Lipinski definition) is 2. The Labute approximate surface area is 108 Å². The van der Waals surface area contributed by atoms with Gasteiger partial charge in [-0.25, -0.2) is 8.78 Å². The van der Waals surface area contributed by atoms with E-state index in [9.17, 15) is 18.4 Å². The van der Waals surface area contributed by atoms with E-state index in [1.807, 2.05) is 0 Å². The average Bonchev–Trinajstić information content (AvgIpc) is 2.82. The quantitative estimate of drug-likeness (QED) is 0.891. The molecule has 1 fully saturated rings. The second-order valence-corrected chi connectivity index (χ2v) is 4.66. The fourth-order valence-electron chi connectivity index (χ4n) is 2.14. The summed E-state index contributed by atoms with van der Waals surface area (Å²) in [5, 5.41) is 8.86. The molecular formula is C13H13F2NO3. The number of amides is 1. The smallest absolute Gasteiger partial charge is 0.308 e. The van der Waals surface area contributed by atoms with Crippen LogP contribution in [0.4, 0.5) is 8.78 Å². The fraction of sp³-hybridized carbons (Fsp3) is 0.385. The van der Waals surface area contributed by atoms with Crippen LogP contribution in [0.5, 0.6) is 0 Å². The Bertz CT molecular complexity index is 545. The molecule has 1 saturated heterocycles. The Balaban J connectivity index is 2.22. The van der Waals surface area contributed by atoms with Gasteiger partial charge in [0.05, 0.1) is 11.5 Å². The van der Waals surface area contributed by atoms with Crippen molar-refractivity contribution in [1.82, 2.24) is 4.90 Å². The lowest BCUT2D eigenvalue weighted by Crippen LogP contribution is -2.30. The Morgan fingerprint density at radius 3 is 2.58 bits per heavy atom. The molecule has 19 heavy (non-hydrogen) atoms. The first-order chi connectivity index (χ1) is 8.90. The van der Waals surface area contributed by atoms with Crippen molar-refractivity contribution >= 4 is 11.9 Å². The molecule has 102 valence electrons. The van der Waals surface area contributed by atoms with Gasteiger partial charge in [0.25, 0.3) is 5.91 Å². The van der Waals surface area contributed by atoms with Gasteiger partial charge in [0, 0.05) is 19.2 Å². The summed E-state index contributed by atoms with van der Waals surface area (Å²) in [5.41, 5.74) is -0.0383. The van der Waals surface area contributed by atoms with Crippen molar-refractivity contribution in [2.45, 2.75) is 13.3 Å². The van der Waals surface area contributed by atoms with Crippen LogP contribution in [0.15, 0.2) is 12.1 Å². The zero-order chi connectivity index (χ0) is 14.2. The maximum absolute atomic E-state index is 13.6. The molecule has 1 aromatic carbocycles. The molecule has 1 N–H and O–H groups in total. The third kappa shape index (κ3) is 2.57. The zero-order valence-corrected chi connectivity index (χ0v) is 10.3. The number of hydrogen-bond donors (Lipinski definition) is 1. The van der Waals surface area contributed by atoms with Crippen LogP contribution in [0.1, 0.15) is 22.3 Å². The van der Waals surface area contributed by atoms with E-state index in [1.165, 1.54) is 11.8 Å². The van der Waals surface area contributed by atoms with Gasteiger partial charge >= 0.3 is 5.97 Å². The van der Waals surface area contributed by atoms with Crippen molar-refractivity contribution in [3.8, 4) is 0 Å². The van der Waals surface area contributed by atoms with E-state index < -0.39 is 29.4 Å². The summed E-state index contributed by atoms with van der Waals surface area (Å²) in [4.78, 5) is 24.2. The van der Waals surface area contributed by atoms with Crippen LogP contribution < -0.4 is 0 Å². The SMILES string of the molecule is Cc1cc(C(=O)N2CC[C@@H](C(=O)O)C2)c(F)cc1F. The number of carboxylic acid groups (broad SMARTS) is 1. The highest BCUT2D eigenvalue weighted by Gasteiger charge is 2.32. The Kier molecular flexibility index (Phi) is 3.50. The van der Waals surface area contributed by atoms with Crippen LogP contribution in [-0.2, 0) is 4.79 Å². The van der Waals surface area contributed by atoms with Crippen molar-refractivity contribution in [2.75, 3.05) is 13.1 Å². The first-order valence-electron chi connectivity index (χ1n) is 5.88. The summed E-state index contributed by atoms with van der Waals surface area (Å²) in [6.07, 6.45) is 0.350. The van der Waals surface area contributed by atoms with Crippen LogP contribution in [0.2, 0.25) is 0 Å². The lowest BCUT2D eigenvalue weighted by molar-refractivity contribution is -0.141. The second-order valence-electron chi connectivity index (χ2n) is 4.66. The minimum atomic E-state index is -0.967. The van der Waals surface area contributed by atoms with Gasteiger partial charge in [0.15, 0.2) is 0 Å². The molecule has 1 aliphatic heterocycles. The van der Waals surface area contributed by atoms with Gasteiger partial charge in [-0.05, 0) is 25.0 Å². The summed E-state index contributed by atoms with van der Waals surface area (Å²) < 4.78 is 26.7. The third-order valence-electron chi connectivity index (χ3n) is 3.30. The van der Waals surface area contributed by atoms with Crippen LogP contribution in [-0.4, -0.2) is 35.0 Å². The highest BCUT2D eigenvalue weighted by molar-refractivity contribution is 5.95. The number of carbonyl (C=O) groups is 2. The summed E-state index contributed by atoms with van der Waals surface area (Å²) in [6, 6.07) is 1.83. The normalized spacial score (nSPS) is 18.7. The zero-order valence-electron chi connectivity index (χ0n) is 10.3. The number of carbonyl (C=O) groups excluding carboxylic acids is 1. The predicted octanol–water partition coefficient (Wildman–Crippen LogP) is 1.82. The fourth-order valence-corrected chi connectivity index (χ4v) is 2.14. The van der Waals surface area contributed by atoms with Crippen molar-refractivity contribution < 1.29 is 23.5 Å². The molecule has 1 aromatic rings. The predicted molar refractivity (Wildman–Crippen MR) is 62.7 cm³/mol. The van der Waals surface area contributed by atoms with Gasteiger partial charge in [0.2, 0.25) is 0 Å². The molecule has 4 nitrogen and oxygen atoms in total. The minimum Gasteiger partial charge on any atom is -0.481 e. The molecule has 0 saturated carbocycles. The molecule has 1 heterocycles. The van der Waals surface area contributed by atoms with Crippen molar-refractivity contribution in [2.24, 2.45) is 5.92 Å². The van der Waals surface area contributed by atoms with Crippen molar-refractivity contribution in [1.29, 1.82) is 0 Å². The molecule has 0 unspecified atom stereocenters. The molecule has 6 heteroatoms. The number of halogens is 2. The van der Waals surface area contributed by atoms with Crippen LogP contribution in [0.25, 0.3) is 0 Å². The molecule has 1 atom stereocenters. The number of rotatable bonds is 2. The van der Waals surface area contributed by atoms with Gasteiger partial charge in [0.1, 0.15) is 11.6 Å². The van der Waals surface area contributed by atoms with E-state index in [-0.39, 0.29) is 24.2 Å². The lowest BCUT2D eigenvalue weighted by atomic mass is 10.1. The van der Waals surface area contributed by atoms with E-state index in [1.54, 1.807) is 0 Å². The number of benzene rings is 1.